The molecule has 1 aromatic heterocycles. The van der Waals surface area contributed by atoms with Gasteiger partial charge in [-0.1, -0.05) is 41.1 Å². The Labute approximate surface area is 153 Å². The molecule has 6 nitrogen and oxygen atoms in total. The lowest BCUT2D eigenvalue weighted by Gasteiger charge is -1.97. The second kappa shape index (κ2) is 6.93. The van der Waals surface area contributed by atoms with Gasteiger partial charge in [-0.2, -0.15) is 0 Å². The van der Waals surface area contributed by atoms with Gasteiger partial charge in [-0.25, -0.2) is 18.5 Å². The van der Waals surface area contributed by atoms with Crippen LogP contribution in [0.2, 0.25) is 5.02 Å². The minimum atomic E-state index is -3.78. The topological polar surface area (TPSA) is 102 Å². The first-order chi connectivity index (χ1) is 11.8. The number of nitrogens with zero attached hydrogens (tertiary/aromatic N) is 1. The van der Waals surface area contributed by atoms with E-state index in [0.29, 0.717) is 20.4 Å². The van der Waals surface area contributed by atoms with Crippen molar-refractivity contribution in [1.29, 1.82) is 0 Å². The van der Waals surface area contributed by atoms with Crippen LogP contribution in [0.1, 0.15) is 5.56 Å². The fraction of sp³-hybridized carbons (Fsp3) is 0. The highest BCUT2D eigenvalue weighted by Crippen LogP contribution is 2.28. The molecule has 0 spiro atoms. The van der Waals surface area contributed by atoms with Crippen molar-refractivity contribution in [3.8, 4) is 0 Å². The second-order valence-corrected chi connectivity index (χ2v) is 8.04. The monoisotopic (exact) mass is 393 g/mol. The van der Waals surface area contributed by atoms with Gasteiger partial charge in [0.1, 0.15) is 0 Å². The number of sulfonamides is 1. The minimum absolute atomic E-state index is 0.000131. The summed E-state index contributed by atoms with van der Waals surface area (Å²) in [4.78, 5) is 16.2. The Morgan fingerprint density at radius 1 is 1.24 bits per heavy atom. The largest absolute Gasteiger partial charge is 0.298 e. The molecule has 0 fully saturated rings. The van der Waals surface area contributed by atoms with Crippen LogP contribution in [0.3, 0.4) is 0 Å². The average molecular weight is 394 g/mol. The summed E-state index contributed by atoms with van der Waals surface area (Å²) in [5, 5.41) is 8.65. The molecule has 3 rings (SSSR count). The Bertz CT molecular complexity index is 1090. The fourth-order valence-electron chi connectivity index (χ4n) is 2.06. The molecule has 0 aliphatic heterocycles. The van der Waals surface area contributed by atoms with Crippen LogP contribution in [-0.2, 0) is 14.8 Å². The number of carbonyl (C=O) groups is 1. The molecule has 0 radical (unpaired) electrons. The highest BCUT2D eigenvalue weighted by Gasteiger charge is 2.12. The SMILES string of the molecule is NS(=O)(=O)c1ccc2nc(NC(=O)C=Cc3ccccc3Cl)sc2c1. The summed E-state index contributed by atoms with van der Waals surface area (Å²) in [6, 6.07) is 11.5. The van der Waals surface area contributed by atoms with Gasteiger partial charge >= 0.3 is 0 Å². The molecular formula is C16H12ClN3O3S2. The normalized spacial score (nSPS) is 11.9. The smallest absolute Gasteiger partial charge is 0.250 e. The van der Waals surface area contributed by atoms with Gasteiger partial charge in [0, 0.05) is 11.1 Å². The number of carbonyl (C=O) groups excluding carboxylic acids is 1. The van der Waals surface area contributed by atoms with Crippen LogP contribution in [0.5, 0.6) is 0 Å². The van der Waals surface area contributed by atoms with Gasteiger partial charge in [0.25, 0.3) is 0 Å². The van der Waals surface area contributed by atoms with E-state index >= 15 is 0 Å². The molecule has 1 amide bonds. The van der Waals surface area contributed by atoms with E-state index < -0.39 is 10.0 Å². The van der Waals surface area contributed by atoms with E-state index in [-0.39, 0.29) is 10.8 Å². The molecule has 0 saturated carbocycles. The average Bonchev–Trinajstić information content (AvgIpc) is 2.94. The van der Waals surface area contributed by atoms with Crippen LogP contribution in [0.15, 0.2) is 53.4 Å². The minimum Gasteiger partial charge on any atom is -0.298 e. The number of halogens is 1. The van der Waals surface area contributed by atoms with Crippen molar-refractivity contribution < 1.29 is 13.2 Å². The number of amides is 1. The number of hydrogen-bond acceptors (Lipinski definition) is 5. The number of hydrogen-bond donors (Lipinski definition) is 2. The third kappa shape index (κ3) is 4.23. The summed E-state index contributed by atoms with van der Waals surface area (Å²) in [5.74, 6) is -0.370. The number of nitrogens with two attached hydrogens (primary N) is 1. The van der Waals surface area contributed by atoms with E-state index in [0.717, 1.165) is 16.9 Å². The van der Waals surface area contributed by atoms with Crippen molar-refractivity contribution in [3.63, 3.8) is 0 Å². The lowest BCUT2D eigenvalue weighted by atomic mass is 10.2. The molecular weight excluding hydrogens is 382 g/mol. The van der Waals surface area contributed by atoms with E-state index in [9.17, 15) is 13.2 Å². The molecule has 0 aliphatic rings. The fourth-order valence-corrected chi connectivity index (χ4v) is 3.78. The zero-order chi connectivity index (χ0) is 18.0. The number of fused-ring (bicyclic) bond motifs is 1. The van der Waals surface area contributed by atoms with E-state index in [2.05, 4.69) is 10.3 Å². The summed E-state index contributed by atoms with van der Waals surface area (Å²) in [7, 11) is -3.78. The Morgan fingerprint density at radius 2 is 2.00 bits per heavy atom. The summed E-state index contributed by atoms with van der Waals surface area (Å²) < 4.78 is 23.4. The lowest BCUT2D eigenvalue weighted by Crippen LogP contribution is -2.11. The third-order valence-electron chi connectivity index (χ3n) is 3.24. The van der Waals surface area contributed by atoms with Crippen LogP contribution in [0, 0.1) is 0 Å². The van der Waals surface area contributed by atoms with Crippen molar-refractivity contribution in [2.45, 2.75) is 4.90 Å². The maximum Gasteiger partial charge on any atom is 0.250 e. The van der Waals surface area contributed by atoms with Crippen molar-refractivity contribution in [2.24, 2.45) is 5.14 Å². The molecule has 0 bridgehead atoms. The van der Waals surface area contributed by atoms with Crippen molar-refractivity contribution in [1.82, 2.24) is 4.98 Å². The number of benzene rings is 2. The first-order valence-electron chi connectivity index (χ1n) is 7.00. The summed E-state index contributed by atoms with van der Waals surface area (Å²) in [6.45, 7) is 0. The predicted octanol–water partition coefficient (Wildman–Crippen LogP) is 3.25. The van der Waals surface area contributed by atoms with Crippen LogP contribution in [0.4, 0.5) is 5.13 Å². The van der Waals surface area contributed by atoms with Gasteiger partial charge in [0.2, 0.25) is 15.9 Å². The van der Waals surface area contributed by atoms with E-state index in [1.54, 1.807) is 30.3 Å². The van der Waals surface area contributed by atoms with Gasteiger partial charge in [-0.3, -0.25) is 10.1 Å². The van der Waals surface area contributed by atoms with E-state index in [4.69, 9.17) is 16.7 Å². The Morgan fingerprint density at radius 3 is 2.72 bits per heavy atom. The Balaban J connectivity index is 1.78. The Kier molecular flexibility index (Phi) is 4.87. The quantitative estimate of drug-likeness (QED) is 0.664. The van der Waals surface area contributed by atoms with Gasteiger partial charge in [0.05, 0.1) is 15.1 Å². The number of nitrogens with one attached hydrogen (secondary N) is 1. The first-order valence-corrected chi connectivity index (χ1v) is 9.74. The van der Waals surface area contributed by atoms with Gasteiger partial charge in [0.15, 0.2) is 5.13 Å². The molecule has 0 aliphatic carbocycles. The number of rotatable bonds is 4. The number of thiazole rings is 1. The molecule has 2 aromatic carbocycles. The van der Waals surface area contributed by atoms with Gasteiger partial charge in [-0.05, 0) is 35.9 Å². The maximum atomic E-state index is 12.0. The number of primary sulfonamides is 1. The molecule has 9 heteroatoms. The second-order valence-electron chi connectivity index (χ2n) is 5.04. The third-order valence-corrected chi connectivity index (χ3v) is 5.43. The molecule has 25 heavy (non-hydrogen) atoms. The van der Waals surface area contributed by atoms with E-state index in [1.165, 1.54) is 18.2 Å². The number of anilines is 1. The van der Waals surface area contributed by atoms with Crippen LogP contribution in [0.25, 0.3) is 16.3 Å². The highest BCUT2D eigenvalue weighted by atomic mass is 35.5. The van der Waals surface area contributed by atoms with Crippen molar-refractivity contribution >= 4 is 60.3 Å². The zero-order valence-corrected chi connectivity index (χ0v) is 15.0. The summed E-state index contributed by atoms with van der Waals surface area (Å²) in [5.41, 5.74) is 1.30. The molecule has 0 atom stereocenters. The van der Waals surface area contributed by atoms with Crippen molar-refractivity contribution in [2.75, 3.05) is 5.32 Å². The summed E-state index contributed by atoms with van der Waals surface area (Å²) in [6.07, 6.45) is 2.95. The van der Waals surface area contributed by atoms with Crippen LogP contribution >= 0.6 is 22.9 Å². The lowest BCUT2D eigenvalue weighted by molar-refractivity contribution is -0.111. The molecule has 0 unspecified atom stereocenters. The Hall–Kier alpha value is -2.26. The maximum absolute atomic E-state index is 12.0. The number of aromatic nitrogens is 1. The molecule has 3 N–H and O–H groups in total. The summed E-state index contributed by atoms with van der Waals surface area (Å²) >= 11 is 7.18. The highest BCUT2D eigenvalue weighted by molar-refractivity contribution is 7.89. The van der Waals surface area contributed by atoms with Crippen molar-refractivity contribution in [3.05, 3.63) is 59.1 Å². The molecule has 3 aromatic rings. The van der Waals surface area contributed by atoms with Crippen LogP contribution in [-0.4, -0.2) is 19.3 Å². The predicted molar refractivity (Wildman–Crippen MR) is 100 cm³/mol. The van der Waals surface area contributed by atoms with Gasteiger partial charge < -0.3 is 0 Å². The molecule has 128 valence electrons. The van der Waals surface area contributed by atoms with Gasteiger partial charge in [-0.15, -0.1) is 0 Å². The molecule has 1 heterocycles. The first kappa shape index (κ1) is 17.6. The standard InChI is InChI=1S/C16H12ClN3O3S2/c17-12-4-2-1-3-10(12)5-8-15(21)20-16-19-13-7-6-11(25(18,22)23)9-14(13)24-16/h1-9H,(H2,18,22,23)(H,19,20,21). The van der Waals surface area contributed by atoms with E-state index in [1.807, 2.05) is 6.07 Å². The van der Waals surface area contributed by atoms with Crippen LogP contribution < -0.4 is 10.5 Å². The molecule has 0 saturated heterocycles. The zero-order valence-electron chi connectivity index (χ0n) is 12.6.